The molecule has 1 atom stereocenters. The maximum atomic E-state index is 9.17. The summed E-state index contributed by atoms with van der Waals surface area (Å²) in [6.07, 6.45) is 4.37. The van der Waals surface area contributed by atoms with E-state index in [0.717, 1.165) is 26.2 Å². The van der Waals surface area contributed by atoms with Gasteiger partial charge in [0.05, 0.1) is 13.2 Å². The summed E-state index contributed by atoms with van der Waals surface area (Å²) < 4.78 is 10.8. The molecule has 1 saturated heterocycles. The summed E-state index contributed by atoms with van der Waals surface area (Å²) in [6.45, 7) is 6.05. The van der Waals surface area contributed by atoms with Crippen LogP contribution < -0.4 is 5.32 Å². The highest BCUT2D eigenvalue weighted by Gasteiger charge is 2.08. The Balaban J connectivity index is 1.78. The van der Waals surface area contributed by atoms with Crippen molar-refractivity contribution in [1.82, 2.24) is 10.2 Å². The summed E-state index contributed by atoms with van der Waals surface area (Å²) >= 11 is 0. The van der Waals surface area contributed by atoms with Crippen LogP contribution in [0.15, 0.2) is 0 Å². The Hall–Kier alpha value is -0.200. The molecule has 0 aromatic carbocycles. The smallest absolute Gasteiger partial charge is 0.128 e. The number of hydrogen-bond donors (Lipinski definition) is 2. The van der Waals surface area contributed by atoms with Crippen LogP contribution >= 0.6 is 0 Å². The second-order valence-electron chi connectivity index (χ2n) is 4.75. The molecular weight excluding hydrogens is 232 g/mol. The van der Waals surface area contributed by atoms with Crippen molar-refractivity contribution in [3.63, 3.8) is 0 Å². The lowest BCUT2D eigenvalue weighted by Gasteiger charge is -2.26. The van der Waals surface area contributed by atoms with Gasteiger partial charge in [-0.3, -0.25) is 5.32 Å². The van der Waals surface area contributed by atoms with E-state index in [1.165, 1.54) is 32.4 Å². The fraction of sp³-hybridized carbons (Fsp3) is 1.00. The summed E-state index contributed by atoms with van der Waals surface area (Å²) in [7, 11) is 1.71. The maximum Gasteiger partial charge on any atom is 0.128 e. The first-order valence-electron chi connectivity index (χ1n) is 7.06. The van der Waals surface area contributed by atoms with Crippen LogP contribution in [0.25, 0.3) is 0 Å². The molecule has 1 rings (SSSR count). The van der Waals surface area contributed by atoms with Crippen LogP contribution in [0.5, 0.6) is 0 Å². The highest BCUT2D eigenvalue weighted by molar-refractivity contribution is 4.63. The van der Waals surface area contributed by atoms with Crippen molar-refractivity contribution in [3.8, 4) is 0 Å². The van der Waals surface area contributed by atoms with Crippen molar-refractivity contribution >= 4 is 0 Å². The molecule has 0 aromatic heterocycles. The largest absolute Gasteiger partial charge is 0.380 e. The first-order chi connectivity index (χ1) is 8.83. The molecule has 1 aliphatic rings. The molecule has 18 heavy (non-hydrogen) atoms. The molecule has 0 radical (unpaired) electrons. The Morgan fingerprint density at radius 2 is 1.83 bits per heavy atom. The average molecular weight is 260 g/mol. The van der Waals surface area contributed by atoms with Crippen molar-refractivity contribution in [3.05, 3.63) is 0 Å². The topological polar surface area (TPSA) is 54.0 Å². The summed E-state index contributed by atoms with van der Waals surface area (Å²) in [5, 5.41) is 11.9. The Kier molecular flexibility index (Phi) is 9.42. The molecule has 5 nitrogen and oxygen atoms in total. The monoisotopic (exact) mass is 260 g/mol. The predicted octanol–water partition coefficient (Wildman–Crippen LogP) is 0.433. The van der Waals surface area contributed by atoms with Gasteiger partial charge in [-0.25, -0.2) is 0 Å². The molecular formula is C13H28N2O3. The van der Waals surface area contributed by atoms with Crippen LogP contribution in [0.4, 0.5) is 0 Å². The summed E-state index contributed by atoms with van der Waals surface area (Å²) in [4.78, 5) is 2.48. The number of nitrogens with one attached hydrogen (secondary N) is 1. The molecule has 0 aromatic rings. The third kappa shape index (κ3) is 8.00. The summed E-state index contributed by atoms with van der Waals surface area (Å²) in [6, 6.07) is 0. The number of aliphatic hydroxyl groups excluding tert-OH is 1. The zero-order valence-electron chi connectivity index (χ0n) is 11.6. The Bertz CT molecular complexity index is 187. The average Bonchev–Trinajstić information content (AvgIpc) is 2.42. The number of hydrogen-bond acceptors (Lipinski definition) is 5. The number of likely N-dealkylation sites (tertiary alicyclic amines) is 1. The molecule has 0 aliphatic carbocycles. The van der Waals surface area contributed by atoms with Gasteiger partial charge in [0.15, 0.2) is 0 Å². The van der Waals surface area contributed by atoms with Crippen molar-refractivity contribution in [2.24, 2.45) is 0 Å². The molecule has 2 N–H and O–H groups in total. The van der Waals surface area contributed by atoms with Crippen molar-refractivity contribution in [2.45, 2.75) is 31.9 Å². The van der Waals surface area contributed by atoms with E-state index in [1.807, 2.05) is 0 Å². The zero-order chi connectivity index (χ0) is 13.1. The first-order valence-corrected chi connectivity index (χ1v) is 7.06. The van der Waals surface area contributed by atoms with E-state index in [0.29, 0.717) is 13.2 Å². The Morgan fingerprint density at radius 3 is 2.56 bits per heavy atom. The van der Waals surface area contributed by atoms with E-state index in [2.05, 4.69) is 10.2 Å². The Labute approximate surface area is 110 Å². The molecule has 1 unspecified atom stereocenters. The van der Waals surface area contributed by atoms with E-state index >= 15 is 0 Å². The Morgan fingerprint density at radius 1 is 1.11 bits per heavy atom. The number of piperidine rings is 1. The quantitative estimate of drug-likeness (QED) is 0.441. The predicted molar refractivity (Wildman–Crippen MR) is 71.6 cm³/mol. The minimum Gasteiger partial charge on any atom is -0.380 e. The van der Waals surface area contributed by atoms with Gasteiger partial charge in [0.2, 0.25) is 0 Å². The van der Waals surface area contributed by atoms with Gasteiger partial charge in [-0.15, -0.1) is 0 Å². The number of rotatable bonds is 10. The second-order valence-corrected chi connectivity index (χ2v) is 4.75. The minimum atomic E-state index is -0.565. The molecule has 1 fully saturated rings. The summed E-state index contributed by atoms with van der Waals surface area (Å²) in [5.41, 5.74) is 0. The van der Waals surface area contributed by atoms with E-state index in [1.54, 1.807) is 7.05 Å². The lowest BCUT2D eigenvalue weighted by Crippen LogP contribution is -2.32. The molecule has 0 amide bonds. The molecule has 108 valence electrons. The molecule has 0 saturated carbocycles. The van der Waals surface area contributed by atoms with Crippen molar-refractivity contribution < 1.29 is 14.6 Å². The fourth-order valence-electron chi connectivity index (χ4n) is 2.02. The molecule has 0 spiro atoms. The fourth-order valence-corrected chi connectivity index (χ4v) is 2.02. The molecule has 1 aliphatic heterocycles. The normalized spacial score (nSPS) is 19.0. The highest BCUT2D eigenvalue weighted by Crippen LogP contribution is 2.07. The first kappa shape index (κ1) is 15.9. The van der Waals surface area contributed by atoms with Crippen LogP contribution in [0.1, 0.15) is 25.7 Å². The molecule has 1 heterocycles. The van der Waals surface area contributed by atoms with E-state index < -0.39 is 6.23 Å². The molecule has 0 bridgehead atoms. The van der Waals surface area contributed by atoms with Crippen LogP contribution in [0, 0.1) is 0 Å². The third-order valence-corrected chi connectivity index (χ3v) is 3.19. The lowest BCUT2D eigenvalue weighted by molar-refractivity contribution is 0.0119. The van der Waals surface area contributed by atoms with Crippen molar-refractivity contribution in [1.29, 1.82) is 0 Å². The van der Waals surface area contributed by atoms with Gasteiger partial charge in [0.1, 0.15) is 6.23 Å². The standard InChI is InChI=1S/C13H28N2O3/c1-14-13(16)12-18-10-5-9-17-11-8-15-6-3-2-4-7-15/h13-14,16H,2-12H2,1H3. The van der Waals surface area contributed by atoms with E-state index in [4.69, 9.17) is 9.47 Å². The number of aliphatic hydroxyl groups is 1. The highest BCUT2D eigenvalue weighted by atomic mass is 16.5. The maximum absolute atomic E-state index is 9.17. The van der Waals surface area contributed by atoms with E-state index in [-0.39, 0.29) is 0 Å². The minimum absolute atomic E-state index is 0.338. The van der Waals surface area contributed by atoms with Gasteiger partial charge in [-0.05, 0) is 39.4 Å². The zero-order valence-corrected chi connectivity index (χ0v) is 11.6. The van der Waals surface area contributed by atoms with Gasteiger partial charge < -0.3 is 19.5 Å². The van der Waals surface area contributed by atoms with Gasteiger partial charge in [-0.1, -0.05) is 6.42 Å². The van der Waals surface area contributed by atoms with Gasteiger partial charge in [-0.2, -0.15) is 0 Å². The number of nitrogens with zero attached hydrogens (tertiary/aromatic N) is 1. The van der Waals surface area contributed by atoms with Crippen LogP contribution in [-0.2, 0) is 9.47 Å². The van der Waals surface area contributed by atoms with E-state index in [9.17, 15) is 5.11 Å². The van der Waals surface area contributed by atoms with Gasteiger partial charge in [0, 0.05) is 19.8 Å². The number of ether oxygens (including phenoxy) is 2. The van der Waals surface area contributed by atoms with Crippen LogP contribution in [0.2, 0.25) is 0 Å². The number of likely N-dealkylation sites (N-methyl/N-ethyl adjacent to an activating group) is 1. The van der Waals surface area contributed by atoms with Gasteiger partial charge in [0.25, 0.3) is 0 Å². The SMILES string of the molecule is CNC(O)COCCCOCCN1CCCCC1. The second kappa shape index (κ2) is 10.7. The van der Waals surface area contributed by atoms with Crippen LogP contribution in [0.3, 0.4) is 0 Å². The van der Waals surface area contributed by atoms with Crippen molar-refractivity contribution in [2.75, 3.05) is 53.1 Å². The summed E-state index contributed by atoms with van der Waals surface area (Å²) in [5.74, 6) is 0. The lowest BCUT2D eigenvalue weighted by atomic mass is 10.1. The van der Waals surface area contributed by atoms with Gasteiger partial charge >= 0.3 is 0 Å². The molecule has 5 heteroatoms. The third-order valence-electron chi connectivity index (χ3n) is 3.19. The van der Waals surface area contributed by atoms with Crippen LogP contribution in [-0.4, -0.2) is 69.3 Å².